The average Bonchev–Trinajstić information content (AvgIpc) is 2.53. The molecule has 0 heterocycles. The highest BCUT2D eigenvalue weighted by Gasteiger charge is 2.17. The normalized spacial score (nSPS) is 11.0. The number of methoxy groups -OCH3 is 1. The van der Waals surface area contributed by atoms with Crippen molar-refractivity contribution in [1.82, 2.24) is 10.3 Å². The van der Waals surface area contributed by atoms with Crippen LogP contribution in [0.15, 0.2) is 53.4 Å². The minimum absolute atomic E-state index is 0.0165. The van der Waals surface area contributed by atoms with Crippen LogP contribution in [-0.2, 0) is 10.0 Å². The molecule has 0 spiro atoms. The zero-order valence-electron chi connectivity index (χ0n) is 11.5. The van der Waals surface area contributed by atoms with Crippen molar-refractivity contribution in [2.24, 2.45) is 0 Å². The van der Waals surface area contributed by atoms with Crippen LogP contribution in [0.5, 0.6) is 5.75 Å². The number of carbonyl (C=O) groups is 1. The van der Waals surface area contributed by atoms with Crippen molar-refractivity contribution in [3.8, 4) is 5.75 Å². The third-order valence-corrected chi connectivity index (χ3v) is 4.29. The highest BCUT2D eigenvalue weighted by molar-refractivity contribution is 7.89. The molecule has 0 saturated carbocycles. The van der Waals surface area contributed by atoms with Gasteiger partial charge in [0.05, 0.1) is 17.6 Å². The Morgan fingerprint density at radius 2 is 1.73 bits per heavy atom. The van der Waals surface area contributed by atoms with E-state index in [1.807, 2.05) is 4.83 Å². The first-order valence-corrected chi connectivity index (χ1v) is 8.01. The summed E-state index contributed by atoms with van der Waals surface area (Å²) in [7, 11) is -2.46. The smallest absolute Gasteiger partial charge is 0.270 e. The number of ether oxygens (including phenoxy) is 1. The Bertz CT molecular complexity index is 776. The van der Waals surface area contributed by atoms with Crippen molar-refractivity contribution < 1.29 is 17.9 Å². The lowest BCUT2D eigenvalue weighted by molar-refractivity contribution is 0.0942. The van der Waals surface area contributed by atoms with Gasteiger partial charge in [-0.1, -0.05) is 23.7 Å². The number of rotatable bonds is 5. The van der Waals surface area contributed by atoms with Gasteiger partial charge in [0, 0.05) is 5.02 Å². The van der Waals surface area contributed by atoms with E-state index < -0.39 is 15.9 Å². The topological polar surface area (TPSA) is 84.5 Å². The molecule has 116 valence electrons. The Balaban J connectivity index is 2.12. The number of hydrazine groups is 1. The van der Waals surface area contributed by atoms with Gasteiger partial charge in [-0.05, 0) is 36.4 Å². The van der Waals surface area contributed by atoms with Crippen molar-refractivity contribution in [3.05, 3.63) is 59.1 Å². The van der Waals surface area contributed by atoms with Gasteiger partial charge in [0.25, 0.3) is 15.9 Å². The van der Waals surface area contributed by atoms with Gasteiger partial charge in [0.15, 0.2) is 0 Å². The largest absolute Gasteiger partial charge is 0.496 e. The minimum atomic E-state index is -3.88. The van der Waals surface area contributed by atoms with Crippen LogP contribution in [0.2, 0.25) is 5.02 Å². The molecule has 0 atom stereocenters. The van der Waals surface area contributed by atoms with E-state index in [0.29, 0.717) is 10.8 Å². The molecule has 0 bridgehead atoms. The lowest BCUT2D eigenvalue weighted by Gasteiger charge is -2.10. The van der Waals surface area contributed by atoms with E-state index >= 15 is 0 Å². The van der Waals surface area contributed by atoms with E-state index in [9.17, 15) is 13.2 Å². The Hall–Kier alpha value is -2.09. The molecular formula is C14H13ClN2O4S. The molecule has 0 aromatic heterocycles. The van der Waals surface area contributed by atoms with E-state index in [2.05, 4.69) is 5.43 Å². The molecule has 0 saturated heterocycles. The summed E-state index contributed by atoms with van der Waals surface area (Å²) in [6.45, 7) is 0. The van der Waals surface area contributed by atoms with Gasteiger partial charge >= 0.3 is 0 Å². The number of hydrogen-bond donors (Lipinski definition) is 2. The predicted molar refractivity (Wildman–Crippen MR) is 82.2 cm³/mol. The maximum atomic E-state index is 12.0. The lowest BCUT2D eigenvalue weighted by Crippen LogP contribution is -2.41. The molecule has 0 aliphatic heterocycles. The maximum Gasteiger partial charge on any atom is 0.270 e. The Morgan fingerprint density at radius 1 is 1.09 bits per heavy atom. The van der Waals surface area contributed by atoms with Crippen molar-refractivity contribution in [1.29, 1.82) is 0 Å². The summed E-state index contributed by atoms with van der Waals surface area (Å²) >= 11 is 5.70. The highest BCUT2D eigenvalue weighted by Crippen LogP contribution is 2.17. The number of amides is 1. The maximum absolute atomic E-state index is 12.0. The van der Waals surface area contributed by atoms with Crippen LogP contribution < -0.4 is 15.0 Å². The zero-order valence-corrected chi connectivity index (χ0v) is 13.1. The van der Waals surface area contributed by atoms with Crippen molar-refractivity contribution in [2.45, 2.75) is 4.90 Å². The molecule has 0 fully saturated rings. The first-order valence-electron chi connectivity index (χ1n) is 6.15. The standard InChI is InChI=1S/C14H13ClN2O4S/c1-21-13-5-3-2-4-12(13)14(18)16-17-22(19,20)11-8-6-10(15)7-9-11/h2-9,17H,1H3,(H,16,18). The van der Waals surface area contributed by atoms with Gasteiger partial charge in [0.1, 0.15) is 5.75 Å². The number of para-hydroxylation sites is 1. The second-order valence-electron chi connectivity index (χ2n) is 4.21. The summed E-state index contributed by atoms with van der Waals surface area (Å²) < 4.78 is 29.1. The van der Waals surface area contributed by atoms with Crippen LogP contribution in [0.4, 0.5) is 0 Å². The summed E-state index contributed by atoms with van der Waals surface area (Å²) in [6, 6.07) is 12.0. The van der Waals surface area contributed by atoms with Crippen molar-refractivity contribution in [2.75, 3.05) is 7.11 Å². The quantitative estimate of drug-likeness (QED) is 0.815. The summed E-state index contributed by atoms with van der Waals surface area (Å²) in [5, 5.41) is 0.414. The average molecular weight is 341 g/mol. The number of carbonyl (C=O) groups excluding carboxylic acids is 1. The summed E-state index contributed by atoms with van der Waals surface area (Å²) in [4.78, 5) is 14.0. The van der Waals surface area contributed by atoms with Gasteiger partial charge in [0.2, 0.25) is 0 Å². The van der Waals surface area contributed by atoms with Crippen LogP contribution in [0.25, 0.3) is 0 Å². The molecule has 6 nitrogen and oxygen atoms in total. The van der Waals surface area contributed by atoms with Gasteiger partial charge in [-0.3, -0.25) is 10.2 Å². The third kappa shape index (κ3) is 3.76. The van der Waals surface area contributed by atoms with Crippen LogP contribution >= 0.6 is 11.6 Å². The Kier molecular flexibility index (Phi) is 5.02. The van der Waals surface area contributed by atoms with Gasteiger partial charge in [-0.15, -0.1) is 4.83 Å². The lowest BCUT2D eigenvalue weighted by atomic mass is 10.2. The molecule has 0 unspecified atom stereocenters. The van der Waals surface area contributed by atoms with E-state index in [-0.39, 0.29) is 10.5 Å². The molecule has 22 heavy (non-hydrogen) atoms. The number of benzene rings is 2. The first-order chi connectivity index (χ1) is 10.4. The molecular weight excluding hydrogens is 328 g/mol. The summed E-state index contributed by atoms with van der Waals surface area (Å²) in [5.41, 5.74) is 2.35. The molecule has 2 aromatic rings. The molecule has 0 radical (unpaired) electrons. The fourth-order valence-electron chi connectivity index (χ4n) is 1.69. The van der Waals surface area contributed by atoms with Crippen LogP contribution in [0.3, 0.4) is 0 Å². The van der Waals surface area contributed by atoms with E-state index in [4.69, 9.17) is 16.3 Å². The molecule has 1 amide bonds. The summed E-state index contributed by atoms with van der Waals surface area (Å²) in [6.07, 6.45) is 0. The fraction of sp³-hybridized carbons (Fsp3) is 0.0714. The monoisotopic (exact) mass is 340 g/mol. The molecule has 2 N–H and O–H groups in total. The van der Waals surface area contributed by atoms with Crippen molar-refractivity contribution in [3.63, 3.8) is 0 Å². The highest BCUT2D eigenvalue weighted by atomic mass is 35.5. The van der Waals surface area contributed by atoms with Crippen molar-refractivity contribution >= 4 is 27.5 Å². The first kappa shape index (κ1) is 16.3. The number of sulfonamides is 1. The molecule has 8 heteroatoms. The van der Waals surface area contributed by atoms with E-state index in [1.165, 1.54) is 37.4 Å². The Labute approximate surface area is 133 Å². The summed E-state index contributed by atoms with van der Waals surface area (Å²) in [5.74, 6) is -0.291. The van der Waals surface area contributed by atoms with E-state index in [0.717, 1.165) is 0 Å². The second-order valence-corrected chi connectivity index (χ2v) is 6.33. The van der Waals surface area contributed by atoms with Crippen LogP contribution in [0, 0.1) is 0 Å². The van der Waals surface area contributed by atoms with Crippen LogP contribution in [-0.4, -0.2) is 21.4 Å². The second kappa shape index (κ2) is 6.78. The Morgan fingerprint density at radius 3 is 2.36 bits per heavy atom. The fourth-order valence-corrected chi connectivity index (χ4v) is 2.65. The third-order valence-electron chi connectivity index (χ3n) is 2.77. The predicted octanol–water partition coefficient (Wildman–Crippen LogP) is 1.97. The molecule has 0 aliphatic rings. The van der Waals surface area contributed by atoms with Crippen LogP contribution in [0.1, 0.15) is 10.4 Å². The minimum Gasteiger partial charge on any atom is -0.496 e. The van der Waals surface area contributed by atoms with Gasteiger partial charge in [-0.25, -0.2) is 8.42 Å². The van der Waals surface area contributed by atoms with Gasteiger partial charge < -0.3 is 4.74 Å². The number of hydrogen-bond acceptors (Lipinski definition) is 4. The molecule has 2 aromatic carbocycles. The molecule has 0 aliphatic carbocycles. The number of halogens is 1. The molecule has 2 rings (SSSR count). The van der Waals surface area contributed by atoms with Gasteiger partial charge in [-0.2, -0.15) is 0 Å². The number of nitrogens with one attached hydrogen (secondary N) is 2. The van der Waals surface area contributed by atoms with E-state index in [1.54, 1.807) is 18.2 Å². The zero-order chi connectivity index (χ0) is 16.2. The SMILES string of the molecule is COc1ccccc1C(=O)NNS(=O)(=O)c1ccc(Cl)cc1.